The van der Waals surface area contributed by atoms with Crippen LogP contribution in [0, 0.1) is 24.7 Å². The van der Waals surface area contributed by atoms with E-state index in [0.717, 1.165) is 18.3 Å². The Bertz CT molecular complexity index is 366. The van der Waals surface area contributed by atoms with Gasteiger partial charge in [0.1, 0.15) is 0 Å². The third-order valence-corrected chi connectivity index (χ3v) is 4.64. The maximum atomic E-state index is 6.32. The summed E-state index contributed by atoms with van der Waals surface area (Å²) in [4.78, 5) is 0. The van der Waals surface area contributed by atoms with Crippen molar-refractivity contribution in [2.24, 2.45) is 23.5 Å². The van der Waals surface area contributed by atoms with Gasteiger partial charge in [-0.05, 0) is 55.9 Å². The quantitative estimate of drug-likeness (QED) is 0.857. The SMILES string of the molecule is Cc1ccc(CC2CC(C(C)C)CCC2N)cc1. The first-order chi connectivity index (χ1) is 8.56. The van der Waals surface area contributed by atoms with Crippen molar-refractivity contribution in [2.75, 3.05) is 0 Å². The van der Waals surface area contributed by atoms with E-state index >= 15 is 0 Å². The van der Waals surface area contributed by atoms with Gasteiger partial charge < -0.3 is 5.73 Å². The van der Waals surface area contributed by atoms with Crippen LogP contribution < -0.4 is 5.73 Å². The molecule has 1 heteroatoms. The second kappa shape index (κ2) is 5.88. The van der Waals surface area contributed by atoms with Crippen LogP contribution in [0.15, 0.2) is 24.3 Å². The zero-order valence-corrected chi connectivity index (χ0v) is 12.0. The maximum Gasteiger partial charge on any atom is 0.00705 e. The summed E-state index contributed by atoms with van der Waals surface area (Å²) in [6.45, 7) is 6.85. The molecule has 3 unspecified atom stereocenters. The second-order valence-corrected chi connectivity index (χ2v) is 6.43. The molecule has 1 saturated carbocycles. The third-order valence-electron chi connectivity index (χ3n) is 4.64. The molecule has 2 N–H and O–H groups in total. The van der Waals surface area contributed by atoms with E-state index in [1.807, 2.05) is 0 Å². The number of benzene rings is 1. The Morgan fingerprint density at radius 3 is 2.44 bits per heavy atom. The van der Waals surface area contributed by atoms with Gasteiger partial charge in [-0.3, -0.25) is 0 Å². The van der Waals surface area contributed by atoms with Crippen molar-refractivity contribution in [3.63, 3.8) is 0 Å². The van der Waals surface area contributed by atoms with Crippen molar-refractivity contribution in [3.05, 3.63) is 35.4 Å². The standard InChI is InChI=1S/C17H27N/c1-12(2)15-8-9-17(18)16(11-15)10-14-6-4-13(3)5-7-14/h4-7,12,15-17H,8-11,18H2,1-3H3. The number of hydrogen-bond acceptors (Lipinski definition) is 1. The van der Waals surface area contributed by atoms with Crippen molar-refractivity contribution in [2.45, 2.75) is 52.5 Å². The van der Waals surface area contributed by atoms with E-state index in [2.05, 4.69) is 45.0 Å². The van der Waals surface area contributed by atoms with Crippen LogP contribution in [0.5, 0.6) is 0 Å². The van der Waals surface area contributed by atoms with E-state index in [1.54, 1.807) is 0 Å². The zero-order chi connectivity index (χ0) is 13.1. The highest BCUT2D eigenvalue weighted by Gasteiger charge is 2.29. The van der Waals surface area contributed by atoms with Crippen molar-refractivity contribution >= 4 is 0 Å². The van der Waals surface area contributed by atoms with Gasteiger partial charge in [-0.15, -0.1) is 0 Å². The fraction of sp³-hybridized carbons (Fsp3) is 0.647. The predicted octanol–water partition coefficient (Wildman–Crippen LogP) is 3.94. The molecule has 0 spiro atoms. The topological polar surface area (TPSA) is 26.0 Å². The van der Waals surface area contributed by atoms with Crippen LogP contribution in [0.4, 0.5) is 0 Å². The number of nitrogens with two attached hydrogens (primary N) is 1. The minimum atomic E-state index is 0.404. The van der Waals surface area contributed by atoms with Crippen molar-refractivity contribution in [1.29, 1.82) is 0 Å². The van der Waals surface area contributed by atoms with Crippen molar-refractivity contribution in [1.82, 2.24) is 0 Å². The van der Waals surface area contributed by atoms with Crippen LogP contribution in [0.2, 0.25) is 0 Å². The number of aryl methyl sites for hydroxylation is 1. The van der Waals surface area contributed by atoms with Crippen LogP contribution in [-0.2, 0) is 6.42 Å². The molecule has 100 valence electrons. The molecular weight excluding hydrogens is 218 g/mol. The van der Waals surface area contributed by atoms with E-state index in [1.165, 1.54) is 30.4 Å². The van der Waals surface area contributed by atoms with Crippen molar-refractivity contribution in [3.8, 4) is 0 Å². The first kappa shape index (κ1) is 13.6. The van der Waals surface area contributed by atoms with Crippen LogP contribution in [0.3, 0.4) is 0 Å². The molecule has 18 heavy (non-hydrogen) atoms. The molecule has 2 rings (SSSR count). The molecule has 0 saturated heterocycles. The number of hydrogen-bond donors (Lipinski definition) is 1. The van der Waals surface area contributed by atoms with Crippen LogP contribution in [0.25, 0.3) is 0 Å². The minimum absolute atomic E-state index is 0.404. The van der Waals surface area contributed by atoms with Crippen LogP contribution in [0.1, 0.15) is 44.2 Å². The van der Waals surface area contributed by atoms with Gasteiger partial charge >= 0.3 is 0 Å². The largest absolute Gasteiger partial charge is 0.327 e. The molecule has 1 fully saturated rings. The highest BCUT2D eigenvalue weighted by atomic mass is 14.7. The fourth-order valence-corrected chi connectivity index (χ4v) is 3.19. The lowest BCUT2D eigenvalue weighted by Gasteiger charge is -2.36. The summed E-state index contributed by atoms with van der Waals surface area (Å²) >= 11 is 0. The molecule has 1 aliphatic carbocycles. The first-order valence-electron chi connectivity index (χ1n) is 7.37. The predicted molar refractivity (Wildman–Crippen MR) is 78.5 cm³/mol. The molecule has 1 aromatic carbocycles. The molecule has 1 aliphatic rings. The number of rotatable bonds is 3. The van der Waals surface area contributed by atoms with Gasteiger partial charge in [-0.2, -0.15) is 0 Å². The lowest BCUT2D eigenvalue weighted by atomic mass is 9.72. The normalized spacial score (nSPS) is 28.6. The van der Waals surface area contributed by atoms with Gasteiger partial charge in [-0.25, -0.2) is 0 Å². The highest BCUT2D eigenvalue weighted by Crippen LogP contribution is 2.34. The van der Waals surface area contributed by atoms with E-state index in [0.29, 0.717) is 12.0 Å². The highest BCUT2D eigenvalue weighted by molar-refractivity contribution is 5.22. The maximum absolute atomic E-state index is 6.32. The summed E-state index contributed by atoms with van der Waals surface area (Å²) < 4.78 is 0. The van der Waals surface area contributed by atoms with E-state index in [9.17, 15) is 0 Å². The molecule has 0 radical (unpaired) electrons. The average Bonchev–Trinajstić information content (AvgIpc) is 2.34. The van der Waals surface area contributed by atoms with Gasteiger partial charge in [-0.1, -0.05) is 43.7 Å². The Balaban J connectivity index is 2.00. The van der Waals surface area contributed by atoms with Gasteiger partial charge in [0.25, 0.3) is 0 Å². The van der Waals surface area contributed by atoms with Gasteiger partial charge in [0.15, 0.2) is 0 Å². The zero-order valence-electron chi connectivity index (χ0n) is 12.0. The molecule has 0 amide bonds. The summed E-state index contributed by atoms with van der Waals surface area (Å²) in [5, 5.41) is 0. The molecule has 1 aromatic rings. The molecule has 1 nitrogen and oxygen atoms in total. The Labute approximate surface area is 112 Å². The molecule has 0 heterocycles. The summed E-state index contributed by atoms with van der Waals surface area (Å²) in [6.07, 6.45) is 5.00. The molecule has 0 bridgehead atoms. The Kier molecular flexibility index (Phi) is 4.45. The smallest absolute Gasteiger partial charge is 0.00705 e. The minimum Gasteiger partial charge on any atom is -0.327 e. The van der Waals surface area contributed by atoms with E-state index < -0.39 is 0 Å². The third kappa shape index (κ3) is 3.35. The summed E-state index contributed by atoms with van der Waals surface area (Å²) in [6, 6.07) is 9.36. The van der Waals surface area contributed by atoms with Crippen LogP contribution >= 0.6 is 0 Å². The molecule has 0 aliphatic heterocycles. The molecule has 0 aromatic heterocycles. The first-order valence-corrected chi connectivity index (χ1v) is 7.37. The summed E-state index contributed by atoms with van der Waals surface area (Å²) in [7, 11) is 0. The van der Waals surface area contributed by atoms with E-state index in [4.69, 9.17) is 5.73 Å². The van der Waals surface area contributed by atoms with Gasteiger partial charge in [0.05, 0.1) is 0 Å². The van der Waals surface area contributed by atoms with Gasteiger partial charge in [0, 0.05) is 6.04 Å². The molecular formula is C17H27N. The Hall–Kier alpha value is -0.820. The van der Waals surface area contributed by atoms with E-state index in [-0.39, 0.29) is 0 Å². The lowest BCUT2D eigenvalue weighted by molar-refractivity contribution is 0.189. The second-order valence-electron chi connectivity index (χ2n) is 6.43. The fourth-order valence-electron chi connectivity index (χ4n) is 3.19. The van der Waals surface area contributed by atoms with Crippen molar-refractivity contribution < 1.29 is 0 Å². The Morgan fingerprint density at radius 1 is 1.17 bits per heavy atom. The summed E-state index contributed by atoms with van der Waals surface area (Å²) in [5.74, 6) is 2.35. The Morgan fingerprint density at radius 2 is 1.83 bits per heavy atom. The summed E-state index contributed by atoms with van der Waals surface area (Å²) in [5.41, 5.74) is 9.11. The monoisotopic (exact) mass is 245 g/mol. The lowest BCUT2D eigenvalue weighted by Crippen LogP contribution is -2.38. The van der Waals surface area contributed by atoms with Crippen LogP contribution in [-0.4, -0.2) is 6.04 Å². The van der Waals surface area contributed by atoms with Gasteiger partial charge in [0.2, 0.25) is 0 Å². The molecule has 3 atom stereocenters. The average molecular weight is 245 g/mol.